The fraction of sp³-hybridized carbons (Fsp3) is 0.444. The molecule has 5 nitrogen and oxygen atoms in total. The molecule has 0 saturated heterocycles. The molecule has 122 valence electrons. The summed E-state index contributed by atoms with van der Waals surface area (Å²) < 4.78 is 10.7. The zero-order chi connectivity index (χ0) is 16.4. The van der Waals surface area contributed by atoms with Crippen LogP contribution in [0, 0.1) is 6.92 Å². The summed E-state index contributed by atoms with van der Waals surface area (Å²) in [4.78, 5) is 12.7. The van der Waals surface area contributed by atoms with Crippen molar-refractivity contribution < 1.29 is 14.1 Å². The minimum absolute atomic E-state index is 0.0379. The van der Waals surface area contributed by atoms with E-state index in [0.29, 0.717) is 6.54 Å². The summed E-state index contributed by atoms with van der Waals surface area (Å²) in [5, 5.41) is 7.02. The molecule has 0 aliphatic heterocycles. The Hall–Kier alpha value is -2.30. The molecular formula is C18H22N2O3. The minimum Gasteiger partial charge on any atom is -0.496 e. The summed E-state index contributed by atoms with van der Waals surface area (Å²) in [7, 11) is 1.65. The van der Waals surface area contributed by atoms with Crippen molar-refractivity contribution in [2.24, 2.45) is 0 Å². The van der Waals surface area contributed by atoms with Gasteiger partial charge in [-0.1, -0.05) is 24.2 Å². The Morgan fingerprint density at radius 1 is 1.48 bits per heavy atom. The van der Waals surface area contributed by atoms with E-state index in [0.717, 1.165) is 47.6 Å². The summed E-state index contributed by atoms with van der Waals surface area (Å²) in [6.07, 6.45) is 2.51. The number of carbonyl (C=O) groups is 1. The number of benzene rings is 1. The van der Waals surface area contributed by atoms with Crippen LogP contribution in [0.15, 0.2) is 22.7 Å². The number of amides is 1. The van der Waals surface area contributed by atoms with Gasteiger partial charge in [-0.3, -0.25) is 4.79 Å². The van der Waals surface area contributed by atoms with E-state index in [1.54, 1.807) is 7.11 Å². The second kappa shape index (κ2) is 6.44. The maximum atomic E-state index is 12.7. The molecule has 5 heteroatoms. The van der Waals surface area contributed by atoms with Crippen molar-refractivity contribution in [1.29, 1.82) is 0 Å². The number of ether oxygens (including phenoxy) is 1. The predicted octanol–water partition coefficient (Wildman–Crippen LogP) is 2.90. The van der Waals surface area contributed by atoms with Gasteiger partial charge in [0.1, 0.15) is 11.5 Å². The molecule has 1 aromatic carbocycles. The van der Waals surface area contributed by atoms with Crippen molar-refractivity contribution in [3.05, 3.63) is 46.3 Å². The van der Waals surface area contributed by atoms with Crippen LogP contribution in [0.2, 0.25) is 0 Å². The van der Waals surface area contributed by atoms with Gasteiger partial charge in [-0.25, -0.2) is 0 Å². The van der Waals surface area contributed by atoms with Gasteiger partial charge in [0.2, 0.25) is 5.91 Å². The Bertz CT molecular complexity index is 721. The van der Waals surface area contributed by atoms with Crippen molar-refractivity contribution in [2.45, 2.75) is 45.6 Å². The lowest BCUT2D eigenvalue weighted by Gasteiger charge is -2.15. The Balaban J connectivity index is 1.75. The lowest BCUT2D eigenvalue weighted by molar-refractivity contribution is -0.122. The van der Waals surface area contributed by atoms with Crippen LogP contribution in [-0.4, -0.2) is 18.2 Å². The first kappa shape index (κ1) is 15.6. The van der Waals surface area contributed by atoms with Crippen LogP contribution in [0.5, 0.6) is 5.75 Å². The van der Waals surface area contributed by atoms with Crippen LogP contribution in [0.1, 0.15) is 47.4 Å². The van der Waals surface area contributed by atoms with Crippen LogP contribution in [0.25, 0.3) is 0 Å². The van der Waals surface area contributed by atoms with Gasteiger partial charge in [0.15, 0.2) is 0 Å². The van der Waals surface area contributed by atoms with Gasteiger partial charge >= 0.3 is 0 Å². The zero-order valence-electron chi connectivity index (χ0n) is 13.8. The monoisotopic (exact) mass is 314 g/mol. The summed E-state index contributed by atoms with van der Waals surface area (Å²) in [5.41, 5.74) is 4.07. The molecule has 1 heterocycles. The molecule has 2 aromatic rings. The highest BCUT2D eigenvalue weighted by atomic mass is 16.5. The highest BCUT2D eigenvalue weighted by Gasteiger charge is 2.31. The van der Waals surface area contributed by atoms with Gasteiger partial charge < -0.3 is 14.6 Å². The van der Waals surface area contributed by atoms with Crippen LogP contribution in [0.4, 0.5) is 0 Å². The van der Waals surface area contributed by atoms with Gasteiger partial charge in [0.25, 0.3) is 0 Å². The van der Waals surface area contributed by atoms with Crippen molar-refractivity contribution in [3.8, 4) is 5.75 Å². The maximum Gasteiger partial charge on any atom is 0.227 e. The summed E-state index contributed by atoms with van der Waals surface area (Å²) in [6, 6.07) is 5.97. The van der Waals surface area contributed by atoms with Gasteiger partial charge in [-0.15, -0.1) is 0 Å². The van der Waals surface area contributed by atoms with Gasteiger partial charge in [0.05, 0.1) is 18.7 Å². The highest BCUT2D eigenvalue weighted by molar-refractivity contribution is 5.86. The first-order chi connectivity index (χ1) is 11.2. The lowest BCUT2D eigenvalue weighted by Crippen LogP contribution is -2.28. The lowest BCUT2D eigenvalue weighted by atomic mass is 9.99. The Morgan fingerprint density at radius 3 is 3.04 bits per heavy atom. The second-order valence-corrected chi connectivity index (χ2v) is 5.87. The summed E-state index contributed by atoms with van der Waals surface area (Å²) >= 11 is 0. The number of hydrogen-bond acceptors (Lipinski definition) is 4. The first-order valence-electron chi connectivity index (χ1n) is 8.03. The Morgan fingerprint density at radius 2 is 2.30 bits per heavy atom. The molecule has 0 radical (unpaired) electrons. The molecule has 1 aromatic heterocycles. The van der Waals surface area contributed by atoms with Gasteiger partial charge in [-0.2, -0.15) is 0 Å². The largest absolute Gasteiger partial charge is 0.496 e. The Labute approximate surface area is 136 Å². The van der Waals surface area contributed by atoms with Crippen LogP contribution < -0.4 is 10.1 Å². The topological polar surface area (TPSA) is 64.4 Å². The second-order valence-electron chi connectivity index (χ2n) is 5.87. The minimum atomic E-state index is -0.147. The van der Waals surface area contributed by atoms with E-state index in [1.807, 2.05) is 26.0 Å². The number of carbonyl (C=O) groups excluding carboxylic acids is 1. The fourth-order valence-corrected chi connectivity index (χ4v) is 3.33. The third-order valence-electron chi connectivity index (χ3n) is 4.57. The number of methoxy groups -OCH3 is 1. The summed E-state index contributed by atoms with van der Waals surface area (Å²) in [5.74, 6) is 1.53. The molecule has 1 unspecified atom stereocenters. The Kier molecular flexibility index (Phi) is 4.37. The number of nitrogens with one attached hydrogen (secondary N) is 1. The summed E-state index contributed by atoms with van der Waals surface area (Å²) in [6.45, 7) is 4.37. The van der Waals surface area contributed by atoms with Crippen molar-refractivity contribution in [2.75, 3.05) is 7.11 Å². The van der Waals surface area contributed by atoms with Gasteiger partial charge in [0, 0.05) is 24.1 Å². The SMILES string of the molecule is CCc1onc(C)c1CNC(=O)C1CCc2cccc(OC)c21. The molecule has 0 spiro atoms. The quantitative estimate of drug-likeness (QED) is 0.921. The number of hydrogen-bond donors (Lipinski definition) is 1. The molecule has 1 N–H and O–H groups in total. The highest BCUT2D eigenvalue weighted by Crippen LogP contribution is 2.39. The molecule has 1 atom stereocenters. The smallest absolute Gasteiger partial charge is 0.227 e. The molecule has 0 bridgehead atoms. The van der Waals surface area contributed by atoms with E-state index in [2.05, 4.69) is 16.5 Å². The number of fused-ring (bicyclic) bond motifs is 1. The molecule has 23 heavy (non-hydrogen) atoms. The number of aryl methyl sites for hydroxylation is 3. The molecule has 0 saturated carbocycles. The van der Waals surface area contributed by atoms with E-state index in [9.17, 15) is 4.79 Å². The van der Waals surface area contributed by atoms with E-state index in [-0.39, 0.29) is 11.8 Å². The number of rotatable bonds is 5. The van der Waals surface area contributed by atoms with Crippen LogP contribution in [0.3, 0.4) is 0 Å². The van der Waals surface area contributed by atoms with Crippen molar-refractivity contribution in [1.82, 2.24) is 10.5 Å². The third kappa shape index (κ3) is 2.83. The predicted molar refractivity (Wildman–Crippen MR) is 86.5 cm³/mol. The van der Waals surface area contributed by atoms with E-state index in [1.165, 1.54) is 5.56 Å². The molecule has 3 rings (SSSR count). The molecule has 1 aliphatic rings. The van der Waals surface area contributed by atoms with Gasteiger partial charge in [-0.05, 0) is 31.4 Å². The standard InChI is InChI=1S/C18H22N2O3/c1-4-15-14(11(2)20-23-15)10-19-18(21)13-9-8-12-6-5-7-16(22-3)17(12)13/h5-7,13H,4,8-10H2,1-3H3,(H,19,21). The molecule has 0 fully saturated rings. The fourth-order valence-electron chi connectivity index (χ4n) is 3.33. The normalized spacial score (nSPS) is 16.2. The number of nitrogens with zero attached hydrogens (tertiary/aromatic N) is 1. The van der Waals surface area contributed by atoms with Crippen molar-refractivity contribution >= 4 is 5.91 Å². The van der Waals surface area contributed by atoms with Crippen LogP contribution in [-0.2, 0) is 24.2 Å². The molecule has 1 amide bonds. The zero-order valence-corrected chi connectivity index (χ0v) is 13.8. The number of aromatic nitrogens is 1. The van der Waals surface area contributed by atoms with E-state index >= 15 is 0 Å². The van der Waals surface area contributed by atoms with E-state index in [4.69, 9.17) is 9.26 Å². The third-order valence-corrected chi connectivity index (χ3v) is 4.57. The molecular weight excluding hydrogens is 292 g/mol. The van der Waals surface area contributed by atoms with E-state index < -0.39 is 0 Å². The van der Waals surface area contributed by atoms with Crippen LogP contribution >= 0.6 is 0 Å². The first-order valence-corrected chi connectivity index (χ1v) is 8.03. The molecule has 1 aliphatic carbocycles. The van der Waals surface area contributed by atoms with Crippen molar-refractivity contribution in [3.63, 3.8) is 0 Å². The maximum absolute atomic E-state index is 12.7. The average molecular weight is 314 g/mol. The average Bonchev–Trinajstić information content (AvgIpc) is 3.15.